The van der Waals surface area contributed by atoms with Crippen LogP contribution in [0.2, 0.25) is 0 Å². The van der Waals surface area contributed by atoms with Gasteiger partial charge in [-0.25, -0.2) is 4.98 Å². The number of anilines is 3. The standard InChI is InChI=1S/C33H40F3N7O3/c1-19(2)31(45)43(4)28-23-9-7-6-8-20(23)16-26(28)39-29-24(33(34,35)36)18-37-32(41-29)40-25-11-10-21(17-27(25)46-5)30(44)38-22-12-14-42(3)15-13-22/h6-11,17-19,22,26,28H,12-16H2,1-5H3,(H,38,44)(H2,37,39,40,41)/t26-,28-/m1/s1. The lowest BCUT2D eigenvalue weighted by molar-refractivity contribution is -0.138. The molecule has 1 aliphatic heterocycles. The average molecular weight is 640 g/mol. The zero-order valence-electron chi connectivity index (χ0n) is 26.6. The summed E-state index contributed by atoms with van der Waals surface area (Å²) >= 11 is 0. The molecule has 46 heavy (non-hydrogen) atoms. The van der Waals surface area contributed by atoms with Gasteiger partial charge in [-0.2, -0.15) is 18.2 Å². The Bertz CT molecular complexity index is 1570. The second-order valence-corrected chi connectivity index (χ2v) is 12.2. The molecule has 0 radical (unpaired) electrons. The van der Waals surface area contributed by atoms with E-state index < -0.39 is 29.6 Å². The number of halogens is 3. The zero-order chi connectivity index (χ0) is 33.2. The van der Waals surface area contributed by atoms with Crippen LogP contribution >= 0.6 is 0 Å². The highest BCUT2D eigenvalue weighted by molar-refractivity contribution is 5.95. The molecule has 1 fully saturated rings. The van der Waals surface area contributed by atoms with Crippen LogP contribution in [0.15, 0.2) is 48.7 Å². The van der Waals surface area contributed by atoms with E-state index in [2.05, 4.69) is 30.8 Å². The third-order valence-electron chi connectivity index (χ3n) is 8.63. The number of aromatic nitrogens is 2. The van der Waals surface area contributed by atoms with Crippen LogP contribution in [0.25, 0.3) is 0 Å². The van der Waals surface area contributed by atoms with Gasteiger partial charge in [-0.3, -0.25) is 9.59 Å². The van der Waals surface area contributed by atoms with Crippen LogP contribution in [-0.2, 0) is 17.4 Å². The van der Waals surface area contributed by atoms with Gasteiger partial charge in [0.2, 0.25) is 11.9 Å². The first kappa shape index (κ1) is 33.0. The highest BCUT2D eigenvalue weighted by Crippen LogP contribution is 2.40. The van der Waals surface area contributed by atoms with E-state index in [0.717, 1.165) is 43.3 Å². The Balaban J connectivity index is 1.40. The van der Waals surface area contributed by atoms with Gasteiger partial charge in [-0.05, 0) is 68.7 Å². The van der Waals surface area contributed by atoms with Gasteiger partial charge in [0.25, 0.3) is 5.91 Å². The van der Waals surface area contributed by atoms with Gasteiger partial charge in [0.05, 0.1) is 24.9 Å². The second kappa shape index (κ2) is 13.5. The third kappa shape index (κ3) is 7.19. The number of alkyl halides is 3. The van der Waals surface area contributed by atoms with Gasteiger partial charge >= 0.3 is 6.18 Å². The summed E-state index contributed by atoms with van der Waals surface area (Å²) < 4.78 is 48.1. The van der Waals surface area contributed by atoms with E-state index >= 15 is 0 Å². The number of amides is 2. The summed E-state index contributed by atoms with van der Waals surface area (Å²) in [5, 5.41) is 9.03. The molecule has 0 bridgehead atoms. The molecule has 2 aliphatic rings. The Morgan fingerprint density at radius 2 is 1.83 bits per heavy atom. The summed E-state index contributed by atoms with van der Waals surface area (Å²) in [5.41, 5.74) is 1.56. The number of carbonyl (C=O) groups excluding carboxylic acids is 2. The molecular formula is C33H40F3N7O3. The first-order chi connectivity index (χ1) is 21.8. The summed E-state index contributed by atoms with van der Waals surface area (Å²) in [4.78, 5) is 38.0. The Labute approximate surface area is 266 Å². The molecule has 0 spiro atoms. The van der Waals surface area contributed by atoms with Crippen LogP contribution in [0.3, 0.4) is 0 Å². The fourth-order valence-corrected chi connectivity index (χ4v) is 6.14. The number of hydrogen-bond acceptors (Lipinski definition) is 8. The van der Waals surface area contributed by atoms with Gasteiger partial charge in [-0.1, -0.05) is 38.1 Å². The van der Waals surface area contributed by atoms with Crippen LogP contribution in [-0.4, -0.2) is 78.0 Å². The fourth-order valence-electron chi connectivity index (χ4n) is 6.14. The summed E-state index contributed by atoms with van der Waals surface area (Å²) in [6.45, 7) is 5.38. The Hall–Kier alpha value is -4.39. The average Bonchev–Trinajstić information content (AvgIpc) is 3.38. The number of hydrogen-bond donors (Lipinski definition) is 3. The number of piperidine rings is 1. The maximum atomic E-state index is 14.2. The lowest BCUT2D eigenvalue weighted by atomic mass is 10.0. The molecule has 3 N–H and O–H groups in total. The molecule has 1 aliphatic carbocycles. The molecule has 3 aromatic rings. The molecule has 5 rings (SSSR count). The van der Waals surface area contributed by atoms with Gasteiger partial charge < -0.3 is 30.5 Å². The van der Waals surface area contributed by atoms with Crippen molar-refractivity contribution in [1.29, 1.82) is 0 Å². The quantitative estimate of drug-likeness (QED) is 0.291. The lowest BCUT2D eigenvalue weighted by Gasteiger charge is -2.33. The molecule has 1 saturated heterocycles. The molecule has 10 nitrogen and oxygen atoms in total. The fraction of sp³-hybridized carbons (Fsp3) is 0.455. The molecular weight excluding hydrogens is 599 g/mol. The number of methoxy groups -OCH3 is 1. The summed E-state index contributed by atoms with van der Waals surface area (Å²) in [6.07, 6.45) is -1.89. The van der Waals surface area contributed by atoms with Crippen molar-refractivity contribution in [3.05, 3.63) is 70.9 Å². The van der Waals surface area contributed by atoms with Crippen LogP contribution in [0, 0.1) is 5.92 Å². The van der Waals surface area contributed by atoms with Crippen molar-refractivity contribution in [2.75, 3.05) is 44.9 Å². The molecule has 13 heteroatoms. The van der Waals surface area contributed by atoms with Crippen molar-refractivity contribution in [3.63, 3.8) is 0 Å². The van der Waals surface area contributed by atoms with E-state index in [-0.39, 0.29) is 29.7 Å². The van der Waals surface area contributed by atoms with Crippen molar-refractivity contribution in [3.8, 4) is 5.75 Å². The van der Waals surface area contributed by atoms with E-state index in [1.807, 2.05) is 31.3 Å². The number of likely N-dealkylation sites (tertiary alicyclic amines) is 1. The Morgan fingerprint density at radius 1 is 1.11 bits per heavy atom. The molecule has 2 atom stereocenters. The number of fused-ring (bicyclic) bond motifs is 1. The normalized spacial score (nSPS) is 18.6. The van der Waals surface area contributed by atoms with Crippen molar-refractivity contribution in [2.45, 2.75) is 57.4 Å². The van der Waals surface area contributed by atoms with Gasteiger partial charge in [0.15, 0.2) is 0 Å². The first-order valence-electron chi connectivity index (χ1n) is 15.4. The number of rotatable bonds is 9. The molecule has 0 unspecified atom stereocenters. The summed E-state index contributed by atoms with van der Waals surface area (Å²) in [5.74, 6) is -0.855. The van der Waals surface area contributed by atoms with Gasteiger partial charge in [-0.15, -0.1) is 0 Å². The Morgan fingerprint density at radius 3 is 2.50 bits per heavy atom. The number of likely N-dealkylation sites (N-methyl/N-ethyl adjacent to an activating group) is 1. The predicted octanol–water partition coefficient (Wildman–Crippen LogP) is 5.26. The molecule has 246 valence electrons. The highest BCUT2D eigenvalue weighted by Gasteiger charge is 2.41. The highest BCUT2D eigenvalue weighted by atomic mass is 19.4. The van der Waals surface area contributed by atoms with E-state index in [1.54, 1.807) is 44.0 Å². The lowest BCUT2D eigenvalue weighted by Crippen LogP contribution is -2.43. The SMILES string of the molecule is COc1cc(C(=O)NC2CCN(C)CC2)ccc1Nc1ncc(C(F)(F)F)c(N[C@@H]2Cc3ccccc3[C@H]2N(C)C(=O)C(C)C)n1. The largest absolute Gasteiger partial charge is 0.495 e. The van der Waals surface area contributed by atoms with Crippen LogP contribution < -0.4 is 20.7 Å². The number of nitrogens with one attached hydrogen (secondary N) is 3. The number of carbonyl (C=O) groups is 2. The first-order valence-corrected chi connectivity index (χ1v) is 15.4. The minimum absolute atomic E-state index is 0.0782. The van der Waals surface area contributed by atoms with E-state index in [0.29, 0.717) is 23.4 Å². The van der Waals surface area contributed by atoms with Crippen molar-refractivity contribution >= 4 is 29.3 Å². The third-order valence-corrected chi connectivity index (χ3v) is 8.63. The van der Waals surface area contributed by atoms with Gasteiger partial charge in [0.1, 0.15) is 17.1 Å². The monoisotopic (exact) mass is 639 g/mol. The van der Waals surface area contributed by atoms with Crippen molar-refractivity contribution < 1.29 is 27.5 Å². The van der Waals surface area contributed by atoms with E-state index in [1.165, 1.54) is 7.11 Å². The molecule has 1 aromatic heterocycles. The minimum Gasteiger partial charge on any atom is -0.495 e. The van der Waals surface area contributed by atoms with Crippen molar-refractivity contribution in [2.24, 2.45) is 5.92 Å². The predicted molar refractivity (Wildman–Crippen MR) is 169 cm³/mol. The minimum atomic E-state index is -4.73. The molecule has 2 aromatic carbocycles. The van der Waals surface area contributed by atoms with E-state index in [9.17, 15) is 22.8 Å². The smallest absolute Gasteiger partial charge is 0.421 e. The maximum absolute atomic E-state index is 14.2. The number of ether oxygens (including phenoxy) is 1. The Kier molecular flexibility index (Phi) is 9.71. The van der Waals surface area contributed by atoms with Crippen LogP contribution in [0.4, 0.5) is 30.6 Å². The molecule has 2 heterocycles. The summed E-state index contributed by atoms with van der Waals surface area (Å²) in [6, 6.07) is 11.3. The maximum Gasteiger partial charge on any atom is 0.421 e. The van der Waals surface area contributed by atoms with Crippen LogP contribution in [0.5, 0.6) is 5.75 Å². The summed E-state index contributed by atoms with van der Waals surface area (Å²) in [7, 11) is 5.16. The second-order valence-electron chi connectivity index (χ2n) is 12.2. The number of nitrogens with zero attached hydrogens (tertiary/aromatic N) is 4. The zero-order valence-corrected chi connectivity index (χ0v) is 26.6. The van der Waals surface area contributed by atoms with Crippen molar-refractivity contribution in [1.82, 2.24) is 25.1 Å². The van der Waals surface area contributed by atoms with Gasteiger partial charge in [0, 0.05) is 30.8 Å². The topological polar surface area (TPSA) is 112 Å². The van der Waals surface area contributed by atoms with Crippen LogP contribution in [0.1, 0.15) is 59.8 Å². The molecule has 2 amide bonds. The number of benzene rings is 2. The molecule has 0 saturated carbocycles. The van der Waals surface area contributed by atoms with E-state index in [4.69, 9.17) is 4.74 Å².